The Hall–Kier alpha value is -4.34. The number of aliphatic carboxylic acids is 1. The zero-order valence-corrected chi connectivity index (χ0v) is 22.8. The summed E-state index contributed by atoms with van der Waals surface area (Å²) in [6, 6.07) is 22.0. The number of carboxylic acid groups (broad SMARTS) is 1. The van der Waals surface area contributed by atoms with E-state index in [0.717, 1.165) is 27.7 Å². The molecule has 0 spiro atoms. The maximum absolute atomic E-state index is 13.3. The van der Waals surface area contributed by atoms with Gasteiger partial charge in [-0.05, 0) is 67.4 Å². The summed E-state index contributed by atoms with van der Waals surface area (Å²) in [5.74, 6) is -1.05. The highest BCUT2D eigenvalue weighted by atomic mass is 19.1. The fraction of sp³-hybridized carbons (Fsp3) is 0.281. The van der Waals surface area contributed by atoms with E-state index in [2.05, 4.69) is 15.6 Å². The number of hydrogen-bond donors (Lipinski definition) is 3. The number of halogens is 1. The number of ether oxygens (including phenoxy) is 1. The number of fused-ring (bicyclic) bond motifs is 1. The van der Waals surface area contributed by atoms with Gasteiger partial charge in [-0.1, -0.05) is 30.3 Å². The summed E-state index contributed by atoms with van der Waals surface area (Å²) in [6.07, 6.45) is 0.571. The minimum atomic E-state index is -1.00. The van der Waals surface area contributed by atoms with Crippen LogP contribution >= 0.6 is 0 Å². The number of pyridine rings is 1. The summed E-state index contributed by atoms with van der Waals surface area (Å²) in [4.78, 5) is 31.6. The van der Waals surface area contributed by atoms with Crippen molar-refractivity contribution in [1.82, 2.24) is 20.5 Å². The molecule has 1 saturated heterocycles. The first-order valence-corrected chi connectivity index (χ1v) is 13.7. The van der Waals surface area contributed by atoms with E-state index >= 15 is 0 Å². The van der Waals surface area contributed by atoms with Gasteiger partial charge in [0.05, 0.1) is 5.52 Å². The van der Waals surface area contributed by atoms with Crippen molar-refractivity contribution in [2.45, 2.75) is 32.0 Å². The molecule has 1 aliphatic heterocycles. The molecule has 2 heterocycles. The molecule has 0 radical (unpaired) electrons. The predicted molar refractivity (Wildman–Crippen MR) is 154 cm³/mol. The van der Waals surface area contributed by atoms with Crippen LogP contribution in [0.2, 0.25) is 0 Å². The number of nitrogens with one attached hydrogen (secondary N) is 2. The smallest absolute Gasteiger partial charge is 0.322 e. The van der Waals surface area contributed by atoms with Gasteiger partial charge in [-0.2, -0.15) is 0 Å². The Labute approximate surface area is 238 Å². The summed E-state index contributed by atoms with van der Waals surface area (Å²) in [5, 5.41) is 17.2. The van der Waals surface area contributed by atoms with Crippen LogP contribution in [0.1, 0.15) is 27.2 Å². The quantitative estimate of drug-likeness (QED) is 0.272. The largest absolute Gasteiger partial charge is 0.489 e. The average molecular weight is 557 g/mol. The molecule has 1 aromatic heterocycles. The molecular formula is C32H33FN4O4. The summed E-state index contributed by atoms with van der Waals surface area (Å²) >= 11 is 0. The van der Waals surface area contributed by atoms with Crippen molar-refractivity contribution >= 4 is 22.8 Å². The van der Waals surface area contributed by atoms with E-state index in [1.54, 1.807) is 36.4 Å². The lowest BCUT2D eigenvalue weighted by Crippen LogP contribution is -2.60. The van der Waals surface area contributed by atoms with Crippen molar-refractivity contribution in [2.75, 3.05) is 26.2 Å². The van der Waals surface area contributed by atoms with E-state index in [1.165, 1.54) is 12.1 Å². The lowest BCUT2D eigenvalue weighted by molar-refractivity contribution is -0.144. The van der Waals surface area contributed by atoms with E-state index in [-0.39, 0.29) is 24.3 Å². The van der Waals surface area contributed by atoms with Crippen LogP contribution in [0.4, 0.5) is 4.39 Å². The fourth-order valence-electron chi connectivity index (χ4n) is 5.28. The van der Waals surface area contributed by atoms with Crippen LogP contribution in [0.15, 0.2) is 78.9 Å². The second kappa shape index (κ2) is 12.9. The highest BCUT2D eigenvalue weighted by Gasteiger charge is 2.33. The van der Waals surface area contributed by atoms with Crippen LogP contribution in [0.5, 0.6) is 5.75 Å². The molecule has 1 fully saturated rings. The molecule has 9 heteroatoms. The summed E-state index contributed by atoms with van der Waals surface area (Å²) in [7, 11) is 0. The molecule has 5 rings (SSSR count). The Morgan fingerprint density at radius 3 is 2.63 bits per heavy atom. The van der Waals surface area contributed by atoms with Gasteiger partial charge in [0.15, 0.2) is 0 Å². The van der Waals surface area contributed by atoms with Crippen LogP contribution < -0.4 is 15.4 Å². The number of para-hydroxylation sites is 1. The van der Waals surface area contributed by atoms with Gasteiger partial charge in [-0.3, -0.25) is 19.5 Å². The zero-order chi connectivity index (χ0) is 28.8. The first kappa shape index (κ1) is 28.2. The van der Waals surface area contributed by atoms with Crippen molar-refractivity contribution in [2.24, 2.45) is 0 Å². The minimum Gasteiger partial charge on any atom is -0.489 e. The maximum atomic E-state index is 13.3. The molecular weight excluding hydrogens is 523 g/mol. The van der Waals surface area contributed by atoms with Gasteiger partial charge < -0.3 is 20.5 Å². The molecule has 1 aliphatic rings. The second-order valence-electron chi connectivity index (χ2n) is 10.2. The number of piperazine rings is 1. The number of carbonyl (C=O) groups is 2. The molecule has 1 unspecified atom stereocenters. The number of rotatable bonds is 10. The molecule has 8 nitrogen and oxygen atoms in total. The third-order valence-corrected chi connectivity index (χ3v) is 7.36. The summed E-state index contributed by atoms with van der Waals surface area (Å²) in [5.41, 5.74) is 4.19. The van der Waals surface area contributed by atoms with Crippen molar-refractivity contribution in [3.8, 4) is 5.75 Å². The number of aromatic nitrogens is 1. The Bertz CT molecular complexity index is 1510. The monoisotopic (exact) mass is 556 g/mol. The first-order chi connectivity index (χ1) is 19.9. The highest BCUT2D eigenvalue weighted by molar-refractivity contribution is 5.94. The van der Waals surface area contributed by atoms with E-state index in [9.17, 15) is 19.1 Å². The number of hydrogen-bond acceptors (Lipinski definition) is 6. The standard InChI is InChI=1S/C32H33FN4O4/c1-21-16-24(28-4-2-3-5-29(28)36-21)20-41-27-12-8-23(9-13-27)31(38)35-19-30(32(39)40)37-15-14-34-18-26(37)17-22-6-10-25(33)11-7-22/h2-13,16,26,30,34H,14-15,17-20H2,1H3,(H,35,38)(H,39,40)/t26?,30-/m0/s1. The molecule has 2 atom stereocenters. The Kier molecular flexibility index (Phi) is 8.86. The van der Waals surface area contributed by atoms with E-state index in [0.29, 0.717) is 44.0 Å². The van der Waals surface area contributed by atoms with Crippen LogP contribution in [-0.2, 0) is 17.8 Å². The maximum Gasteiger partial charge on any atom is 0.322 e. The molecule has 0 saturated carbocycles. The van der Waals surface area contributed by atoms with Gasteiger partial charge in [0.2, 0.25) is 0 Å². The third kappa shape index (κ3) is 7.06. The number of amides is 1. The number of aryl methyl sites for hydroxylation is 1. The molecule has 3 aromatic carbocycles. The van der Waals surface area contributed by atoms with Gasteiger partial charge in [-0.25, -0.2) is 4.39 Å². The van der Waals surface area contributed by atoms with Gasteiger partial charge in [0, 0.05) is 54.4 Å². The van der Waals surface area contributed by atoms with E-state index in [4.69, 9.17) is 4.74 Å². The lowest BCUT2D eigenvalue weighted by Gasteiger charge is -2.40. The SMILES string of the molecule is Cc1cc(COc2ccc(C(=O)NC[C@@H](C(=O)O)N3CCNCC3Cc3ccc(F)cc3)cc2)c2ccccc2n1. The van der Waals surface area contributed by atoms with Crippen molar-refractivity contribution in [3.05, 3.63) is 107 Å². The van der Waals surface area contributed by atoms with Gasteiger partial charge in [-0.15, -0.1) is 0 Å². The van der Waals surface area contributed by atoms with E-state index < -0.39 is 12.0 Å². The van der Waals surface area contributed by atoms with E-state index in [1.807, 2.05) is 42.2 Å². The second-order valence-corrected chi connectivity index (χ2v) is 10.2. The van der Waals surface area contributed by atoms with Crippen molar-refractivity contribution in [1.29, 1.82) is 0 Å². The van der Waals surface area contributed by atoms with Crippen LogP contribution in [0, 0.1) is 12.7 Å². The third-order valence-electron chi connectivity index (χ3n) is 7.36. The Morgan fingerprint density at radius 1 is 1.12 bits per heavy atom. The Balaban J connectivity index is 1.19. The van der Waals surface area contributed by atoms with Crippen LogP contribution in [-0.4, -0.2) is 65.1 Å². The topological polar surface area (TPSA) is 104 Å². The fourth-order valence-corrected chi connectivity index (χ4v) is 5.28. The Morgan fingerprint density at radius 2 is 1.88 bits per heavy atom. The number of carbonyl (C=O) groups excluding carboxylic acids is 1. The average Bonchev–Trinajstić information content (AvgIpc) is 2.98. The van der Waals surface area contributed by atoms with Gasteiger partial charge in [0.1, 0.15) is 24.2 Å². The van der Waals surface area contributed by atoms with Crippen LogP contribution in [0.3, 0.4) is 0 Å². The minimum absolute atomic E-state index is 0.0409. The molecule has 0 aliphatic carbocycles. The van der Waals surface area contributed by atoms with Crippen molar-refractivity contribution in [3.63, 3.8) is 0 Å². The number of nitrogens with zero attached hydrogens (tertiary/aromatic N) is 2. The molecule has 3 N–H and O–H groups in total. The zero-order valence-electron chi connectivity index (χ0n) is 22.8. The number of carboxylic acids is 1. The summed E-state index contributed by atoms with van der Waals surface area (Å²) in [6.45, 7) is 4.04. The number of benzene rings is 3. The molecule has 4 aromatic rings. The highest BCUT2D eigenvalue weighted by Crippen LogP contribution is 2.21. The first-order valence-electron chi connectivity index (χ1n) is 13.7. The van der Waals surface area contributed by atoms with Gasteiger partial charge >= 0.3 is 5.97 Å². The predicted octanol–water partition coefficient (Wildman–Crippen LogP) is 3.96. The lowest BCUT2D eigenvalue weighted by atomic mass is 10.0. The summed E-state index contributed by atoms with van der Waals surface area (Å²) < 4.78 is 19.3. The molecule has 212 valence electrons. The van der Waals surface area contributed by atoms with Gasteiger partial charge in [0.25, 0.3) is 5.91 Å². The molecule has 0 bridgehead atoms. The molecule has 41 heavy (non-hydrogen) atoms. The van der Waals surface area contributed by atoms with Crippen molar-refractivity contribution < 1.29 is 23.8 Å². The normalized spacial score (nSPS) is 16.3. The molecule has 1 amide bonds. The van der Waals surface area contributed by atoms with Crippen LogP contribution in [0.25, 0.3) is 10.9 Å².